The van der Waals surface area contributed by atoms with Crippen LogP contribution in [0.15, 0.2) is 12.1 Å². The first-order valence-electron chi connectivity index (χ1n) is 4.40. The lowest BCUT2D eigenvalue weighted by Crippen LogP contribution is -2.42. The molecule has 0 saturated carbocycles. The van der Waals surface area contributed by atoms with Gasteiger partial charge in [0, 0.05) is 0 Å². The van der Waals surface area contributed by atoms with E-state index >= 15 is 0 Å². The van der Waals surface area contributed by atoms with Gasteiger partial charge in [-0.2, -0.15) is 5.10 Å². The van der Waals surface area contributed by atoms with Gasteiger partial charge in [0.05, 0.1) is 24.4 Å². The molecule has 0 saturated heterocycles. The highest BCUT2D eigenvalue weighted by Gasteiger charge is 2.22. The number of aliphatic hydroxyl groups is 2. The molecule has 0 fully saturated rings. The molecule has 78 valence electrons. The topological polar surface area (TPSA) is 78.3 Å². The molecule has 0 spiro atoms. The number of rotatable bonds is 4. The number of aliphatic hydroxyl groups excluding tert-OH is 2. The molecule has 5 nitrogen and oxygen atoms in total. The molecule has 14 heavy (non-hydrogen) atoms. The third kappa shape index (κ3) is 2.65. The van der Waals surface area contributed by atoms with Crippen LogP contribution in [0.5, 0.6) is 0 Å². The molecule has 0 aromatic carbocycles. The third-order valence-corrected chi connectivity index (χ3v) is 1.93. The number of aromatic nitrogens is 2. The molecule has 1 rings (SSSR count). The van der Waals surface area contributed by atoms with Crippen molar-refractivity contribution in [1.82, 2.24) is 10.2 Å². The zero-order chi connectivity index (χ0) is 10.6. The monoisotopic (exact) mass is 197 g/mol. The lowest BCUT2D eigenvalue weighted by Gasteiger charge is -2.26. The zero-order valence-corrected chi connectivity index (χ0v) is 8.36. The highest BCUT2D eigenvalue weighted by atomic mass is 16.3. The van der Waals surface area contributed by atoms with Crippen LogP contribution in [-0.4, -0.2) is 39.2 Å². The van der Waals surface area contributed by atoms with E-state index in [0.717, 1.165) is 5.69 Å². The summed E-state index contributed by atoms with van der Waals surface area (Å²) in [6, 6.07) is 3.57. The molecule has 0 aliphatic heterocycles. The third-order valence-electron chi connectivity index (χ3n) is 1.93. The quantitative estimate of drug-likeness (QED) is 0.630. The molecule has 0 unspecified atom stereocenters. The Kier molecular flexibility index (Phi) is 3.38. The predicted molar refractivity (Wildman–Crippen MR) is 53.0 cm³/mol. The van der Waals surface area contributed by atoms with E-state index in [-0.39, 0.29) is 13.2 Å². The van der Waals surface area contributed by atoms with Gasteiger partial charge < -0.3 is 15.5 Å². The second kappa shape index (κ2) is 4.34. The minimum Gasteiger partial charge on any atom is -0.394 e. The Morgan fingerprint density at radius 3 is 2.36 bits per heavy atom. The van der Waals surface area contributed by atoms with Crippen molar-refractivity contribution in [3.05, 3.63) is 17.8 Å². The molecule has 1 aromatic heterocycles. The lowest BCUT2D eigenvalue weighted by molar-refractivity contribution is 0.147. The van der Waals surface area contributed by atoms with E-state index < -0.39 is 5.54 Å². The first kappa shape index (κ1) is 10.9. The first-order valence-corrected chi connectivity index (χ1v) is 4.40. The van der Waals surface area contributed by atoms with Crippen molar-refractivity contribution in [2.75, 3.05) is 18.5 Å². The van der Waals surface area contributed by atoms with E-state index in [2.05, 4.69) is 15.5 Å². The Balaban J connectivity index is 2.72. The van der Waals surface area contributed by atoms with E-state index in [0.29, 0.717) is 5.82 Å². The summed E-state index contributed by atoms with van der Waals surface area (Å²) in [5.41, 5.74) is 0.0643. The van der Waals surface area contributed by atoms with Crippen LogP contribution >= 0.6 is 0 Å². The van der Waals surface area contributed by atoms with Gasteiger partial charge in [-0.25, -0.2) is 0 Å². The Morgan fingerprint density at radius 2 is 1.93 bits per heavy atom. The van der Waals surface area contributed by atoms with Crippen LogP contribution < -0.4 is 5.32 Å². The maximum absolute atomic E-state index is 9.03. The maximum atomic E-state index is 9.03. The molecule has 1 heterocycles. The average molecular weight is 197 g/mol. The number of hydrogen-bond donors (Lipinski definition) is 3. The molecule has 0 aliphatic rings. The molecule has 0 amide bonds. The van der Waals surface area contributed by atoms with Crippen molar-refractivity contribution in [2.45, 2.75) is 19.4 Å². The molecular formula is C9H15N3O2. The first-order chi connectivity index (χ1) is 6.59. The molecule has 0 atom stereocenters. The molecule has 0 aliphatic carbocycles. The predicted octanol–water partition coefficient (Wildman–Crippen LogP) is -0.0598. The van der Waals surface area contributed by atoms with Crippen molar-refractivity contribution in [2.24, 2.45) is 0 Å². The molecule has 0 radical (unpaired) electrons. The molecule has 0 bridgehead atoms. The van der Waals surface area contributed by atoms with Crippen LogP contribution in [0.4, 0.5) is 5.82 Å². The van der Waals surface area contributed by atoms with E-state index in [1.54, 1.807) is 13.0 Å². The van der Waals surface area contributed by atoms with Crippen molar-refractivity contribution in [3.8, 4) is 0 Å². The maximum Gasteiger partial charge on any atom is 0.149 e. The fourth-order valence-electron chi connectivity index (χ4n) is 0.904. The molecule has 3 N–H and O–H groups in total. The van der Waals surface area contributed by atoms with Crippen molar-refractivity contribution >= 4 is 5.82 Å². The molecule has 5 heteroatoms. The van der Waals surface area contributed by atoms with Crippen molar-refractivity contribution < 1.29 is 10.2 Å². The van der Waals surface area contributed by atoms with Gasteiger partial charge in [0.2, 0.25) is 0 Å². The van der Waals surface area contributed by atoms with Gasteiger partial charge in [0.15, 0.2) is 0 Å². The minimum atomic E-state index is -0.760. The van der Waals surface area contributed by atoms with Gasteiger partial charge >= 0.3 is 0 Å². The van der Waals surface area contributed by atoms with Gasteiger partial charge in [0.25, 0.3) is 0 Å². The van der Waals surface area contributed by atoms with Gasteiger partial charge in [-0.1, -0.05) is 0 Å². The summed E-state index contributed by atoms with van der Waals surface area (Å²) in [6.07, 6.45) is 0. The normalized spacial score (nSPS) is 11.4. The summed E-state index contributed by atoms with van der Waals surface area (Å²) in [5, 5.41) is 28.7. The van der Waals surface area contributed by atoms with Gasteiger partial charge in [-0.15, -0.1) is 5.10 Å². The summed E-state index contributed by atoms with van der Waals surface area (Å²) in [5.74, 6) is 0.543. The average Bonchev–Trinajstić information content (AvgIpc) is 2.21. The largest absolute Gasteiger partial charge is 0.394 e. The Morgan fingerprint density at radius 1 is 1.29 bits per heavy atom. The van der Waals surface area contributed by atoms with E-state index in [9.17, 15) is 0 Å². The fraction of sp³-hybridized carbons (Fsp3) is 0.556. The minimum absolute atomic E-state index is 0.168. The van der Waals surface area contributed by atoms with Crippen LogP contribution in [0.2, 0.25) is 0 Å². The van der Waals surface area contributed by atoms with E-state index in [4.69, 9.17) is 10.2 Å². The smallest absolute Gasteiger partial charge is 0.149 e. The summed E-state index contributed by atoms with van der Waals surface area (Å²) in [4.78, 5) is 0. The summed E-state index contributed by atoms with van der Waals surface area (Å²) >= 11 is 0. The standard InChI is InChI=1S/C9H15N3O2/c1-7-3-4-8(12-11-7)10-9(2,5-13)6-14/h3-4,13-14H,5-6H2,1-2H3,(H,10,12). The summed E-state index contributed by atoms with van der Waals surface area (Å²) in [6.45, 7) is 3.21. The Hall–Kier alpha value is -1.20. The van der Waals surface area contributed by atoms with Crippen LogP contribution in [0, 0.1) is 6.92 Å². The fourth-order valence-corrected chi connectivity index (χ4v) is 0.904. The number of aryl methyl sites for hydroxylation is 1. The lowest BCUT2D eigenvalue weighted by atomic mass is 10.1. The second-order valence-corrected chi connectivity index (χ2v) is 3.56. The summed E-state index contributed by atoms with van der Waals surface area (Å²) in [7, 11) is 0. The van der Waals surface area contributed by atoms with E-state index in [1.807, 2.05) is 13.0 Å². The highest BCUT2D eigenvalue weighted by Crippen LogP contribution is 2.11. The van der Waals surface area contributed by atoms with Crippen molar-refractivity contribution in [3.63, 3.8) is 0 Å². The molecular weight excluding hydrogens is 182 g/mol. The van der Waals surface area contributed by atoms with Crippen molar-refractivity contribution in [1.29, 1.82) is 0 Å². The number of hydrogen-bond acceptors (Lipinski definition) is 5. The van der Waals surface area contributed by atoms with Crippen LogP contribution in [-0.2, 0) is 0 Å². The number of nitrogens with one attached hydrogen (secondary N) is 1. The summed E-state index contributed by atoms with van der Waals surface area (Å²) < 4.78 is 0. The van der Waals surface area contributed by atoms with Crippen LogP contribution in [0.3, 0.4) is 0 Å². The van der Waals surface area contributed by atoms with Gasteiger partial charge in [0.1, 0.15) is 5.82 Å². The Labute approximate surface area is 82.8 Å². The van der Waals surface area contributed by atoms with E-state index in [1.165, 1.54) is 0 Å². The van der Waals surface area contributed by atoms with Gasteiger partial charge in [-0.05, 0) is 26.0 Å². The SMILES string of the molecule is Cc1ccc(NC(C)(CO)CO)nn1. The number of anilines is 1. The van der Waals surface area contributed by atoms with Crippen LogP contribution in [0.1, 0.15) is 12.6 Å². The zero-order valence-electron chi connectivity index (χ0n) is 8.36. The number of nitrogens with zero attached hydrogens (tertiary/aromatic N) is 2. The Bertz CT molecular complexity index is 283. The van der Waals surface area contributed by atoms with Crippen LogP contribution in [0.25, 0.3) is 0 Å². The second-order valence-electron chi connectivity index (χ2n) is 3.56. The highest BCUT2D eigenvalue weighted by molar-refractivity contribution is 5.36. The molecule has 1 aromatic rings. The van der Waals surface area contributed by atoms with Gasteiger partial charge in [-0.3, -0.25) is 0 Å².